The van der Waals surface area contributed by atoms with Gasteiger partial charge in [0, 0.05) is 11.1 Å². The molecular weight excluding hydrogens is 480 g/mol. The van der Waals surface area contributed by atoms with Crippen LogP contribution >= 0.6 is 11.3 Å². The Morgan fingerprint density at radius 1 is 0.917 bits per heavy atom. The fraction of sp³-hybridized carbons (Fsp3) is 0.192. The van der Waals surface area contributed by atoms with Crippen LogP contribution in [-0.4, -0.2) is 33.0 Å². The number of allylic oxidation sites excluding steroid dienone is 1. The van der Waals surface area contributed by atoms with Crippen molar-refractivity contribution in [2.24, 2.45) is 5.73 Å². The average molecular weight is 503 g/mol. The highest BCUT2D eigenvalue weighted by Gasteiger charge is 2.34. The number of thiazole rings is 1. The zero-order valence-electron chi connectivity index (χ0n) is 20.0. The molecular formula is C26H22N4O5S. The number of nitrogens with two attached hydrogens (primary N) is 1. The van der Waals surface area contributed by atoms with Gasteiger partial charge in [-0.15, -0.1) is 11.3 Å². The zero-order valence-corrected chi connectivity index (χ0v) is 20.8. The monoisotopic (exact) mass is 502 g/mol. The fourth-order valence-corrected chi connectivity index (χ4v) is 5.39. The van der Waals surface area contributed by atoms with E-state index in [9.17, 15) is 15.3 Å². The van der Waals surface area contributed by atoms with Crippen LogP contribution in [0.2, 0.25) is 0 Å². The van der Waals surface area contributed by atoms with Crippen molar-refractivity contribution in [3.63, 3.8) is 0 Å². The van der Waals surface area contributed by atoms with Gasteiger partial charge in [-0.05, 0) is 18.2 Å². The number of ether oxygens (including phenoxy) is 4. The van der Waals surface area contributed by atoms with Gasteiger partial charge in [0.2, 0.25) is 0 Å². The number of nitrogens with zero attached hydrogens (tertiary/aromatic N) is 3. The molecule has 2 aromatic carbocycles. The molecule has 36 heavy (non-hydrogen) atoms. The molecule has 0 saturated carbocycles. The normalized spacial score (nSPS) is 15.1. The van der Waals surface area contributed by atoms with Crippen molar-refractivity contribution >= 4 is 28.8 Å². The summed E-state index contributed by atoms with van der Waals surface area (Å²) in [6, 6.07) is 14.8. The van der Waals surface area contributed by atoms with Gasteiger partial charge in [-0.3, -0.25) is 9.36 Å². The summed E-state index contributed by atoms with van der Waals surface area (Å²) < 4.78 is 23.7. The summed E-state index contributed by atoms with van der Waals surface area (Å²) in [4.78, 5) is 13.5. The molecule has 2 heterocycles. The van der Waals surface area contributed by atoms with Gasteiger partial charge in [-0.2, -0.15) is 10.5 Å². The SMILES string of the molecule is COc1cccc(/C=c2/sc3n(c2=O)C(N)=C(C#N)[C@@H](c2cccc(OC)c2OC)C=3C#N)c1OC. The Balaban J connectivity index is 2.08. The number of hydrogen-bond donors (Lipinski definition) is 1. The zero-order chi connectivity index (χ0) is 26.0. The summed E-state index contributed by atoms with van der Waals surface area (Å²) in [5, 5.41) is 20.3. The third kappa shape index (κ3) is 3.74. The molecule has 0 saturated heterocycles. The molecule has 1 atom stereocenters. The van der Waals surface area contributed by atoms with Gasteiger partial charge in [0.05, 0.1) is 62.2 Å². The summed E-state index contributed by atoms with van der Waals surface area (Å²) in [5.74, 6) is 0.894. The number of methoxy groups -OCH3 is 4. The van der Waals surface area contributed by atoms with Gasteiger partial charge >= 0.3 is 0 Å². The molecule has 1 aliphatic heterocycles. The molecule has 182 valence electrons. The third-order valence-electron chi connectivity index (χ3n) is 5.85. The number of aromatic nitrogens is 1. The molecule has 0 aliphatic carbocycles. The van der Waals surface area contributed by atoms with E-state index in [-0.39, 0.29) is 17.0 Å². The number of fused-ring (bicyclic) bond motifs is 1. The molecule has 9 nitrogen and oxygen atoms in total. The van der Waals surface area contributed by atoms with Crippen molar-refractivity contribution in [3.05, 3.63) is 72.6 Å². The Kier molecular flexibility index (Phi) is 6.73. The minimum atomic E-state index is -0.845. The standard InChI is InChI=1S/C26H22N4O5S/c1-32-18-9-5-7-14(22(18)34-3)11-20-25(31)30-24(29)16(12-27)21(17(13-28)26(30)36-20)15-8-6-10-19(33-2)23(15)35-4/h5-11,21H,29H2,1-4H3/b20-11+/t21-/m1/s1. The number of hydrogen-bond acceptors (Lipinski definition) is 9. The molecule has 0 fully saturated rings. The molecule has 0 bridgehead atoms. The van der Waals surface area contributed by atoms with Crippen LogP contribution in [0.5, 0.6) is 23.0 Å². The summed E-state index contributed by atoms with van der Waals surface area (Å²) >= 11 is 1.10. The van der Waals surface area contributed by atoms with E-state index < -0.39 is 11.5 Å². The second-order valence-corrected chi connectivity index (χ2v) is 8.62. The average Bonchev–Trinajstić information content (AvgIpc) is 3.23. The maximum absolute atomic E-state index is 13.5. The second kappa shape index (κ2) is 9.90. The lowest BCUT2D eigenvalue weighted by atomic mass is 9.84. The Morgan fingerprint density at radius 2 is 1.53 bits per heavy atom. The Bertz CT molecular complexity index is 1650. The van der Waals surface area contributed by atoms with Crippen LogP contribution in [0, 0.1) is 22.7 Å². The summed E-state index contributed by atoms with van der Waals surface area (Å²) in [7, 11) is 6.01. The Morgan fingerprint density at radius 3 is 2.11 bits per heavy atom. The highest BCUT2D eigenvalue weighted by Crippen LogP contribution is 2.43. The van der Waals surface area contributed by atoms with E-state index in [0.717, 1.165) is 11.3 Å². The van der Waals surface area contributed by atoms with E-state index in [1.54, 1.807) is 42.5 Å². The highest BCUT2D eigenvalue weighted by molar-refractivity contribution is 7.07. The van der Waals surface area contributed by atoms with Gasteiger partial charge in [-0.25, -0.2) is 0 Å². The molecule has 3 aromatic rings. The number of para-hydroxylation sites is 2. The lowest BCUT2D eigenvalue weighted by Gasteiger charge is -2.24. The number of nitriles is 2. The van der Waals surface area contributed by atoms with E-state index in [0.29, 0.717) is 43.3 Å². The van der Waals surface area contributed by atoms with Crippen LogP contribution in [0.4, 0.5) is 0 Å². The molecule has 0 spiro atoms. The van der Waals surface area contributed by atoms with Crippen LogP contribution in [0.15, 0.2) is 46.8 Å². The van der Waals surface area contributed by atoms with E-state index in [1.807, 2.05) is 0 Å². The molecule has 0 radical (unpaired) electrons. The Hall–Kier alpha value is -4.67. The van der Waals surface area contributed by atoms with Gasteiger partial charge in [-0.1, -0.05) is 24.3 Å². The smallest absolute Gasteiger partial charge is 0.274 e. The molecule has 4 rings (SSSR count). The van der Waals surface area contributed by atoms with E-state index in [4.69, 9.17) is 24.7 Å². The maximum atomic E-state index is 13.5. The van der Waals surface area contributed by atoms with Gasteiger partial charge in [0.15, 0.2) is 23.0 Å². The Labute approximate surface area is 210 Å². The van der Waals surface area contributed by atoms with Crippen LogP contribution in [0.25, 0.3) is 17.5 Å². The van der Waals surface area contributed by atoms with Crippen molar-refractivity contribution in [1.82, 2.24) is 4.57 Å². The third-order valence-corrected chi connectivity index (χ3v) is 6.96. The number of benzene rings is 2. The number of rotatable bonds is 6. The lowest BCUT2D eigenvalue weighted by Crippen LogP contribution is -2.38. The van der Waals surface area contributed by atoms with Crippen molar-refractivity contribution in [2.75, 3.05) is 28.4 Å². The van der Waals surface area contributed by atoms with Gasteiger partial charge < -0.3 is 24.7 Å². The first-order valence-corrected chi connectivity index (χ1v) is 11.5. The van der Waals surface area contributed by atoms with E-state index >= 15 is 0 Å². The topological polar surface area (TPSA) is 133 Å². The second-order valence-electron chi connectivity index (χ2n) is 7.59. The minimum absolute atomic E-state index is 0.0418. The van der Waals surface area contributed by atoms with Crippen molar-refractivity contribution in [1.29, 1.82) is 10.5 Å². The lowest BCUT2D eigenvalue weighted by molar-refractivity contribution is 0.351. The quantitative estimate of drug-likeness (QED) is 0.540. The first-order valence-electron chi connectivity index (χ1n) is 10.6. The molecule has 1 aromatic heterocycles. The van der Waals surface area contributed by atoms with Gasteiger partial charge in [0.1, 0.15) is 10.5 Å². The molecule has 2 N–H and O–H groups in total. The summed E-state index contributed by atoms with van der Waals surface area (Å²) in [5.41, 5.74) is 7.35. The van der Waals surface area contributed by atoms with Crippen LogP contribution in [-0.2, 0) is 0 Å². The van der Waals surface area contributed by atoms with Crippen LogP contribution in [0.1, 0.15) is 17.0 Å². The van der Waals surface area contributed by atoms with Crippen LogP contribution < -0.4 is 39.4 Å². The molecule has 1 aliphatic rings. The van der Waals surface area contributed by atoms with Gasteiger partial charge in [0.25, 0.3) is 5.56 Å². The predicted molar refractivity (Wildman–Crippen MR) is 135 cm³/mol. The van der Waals surface area contributed by atoms with Crippen molar-refractivity contribution in [3.8, 4) is 35.1 Å². The highest BCUT2D eigenvalue weighted by atomic mass is 32.1. The fourth-order valence-electron chi connectivity index (χ4n) is 4.27. The molecule has 10 heteroatoms. The largest absolute Gasteiger partial charge is 0.493 e. The predicted octanol–water partition coefficient (Wildman–Crippen LogP) is 1.90. The maximum Gasteiger partial charge on any atom is 0.274 e. The molecule has 0 amide bonds. The van der Waals surface area contributed by atoms with E-state index in [2.05, 4.69) is 12.1 Å². The van der Waals surface area contributed by atoms with Crippen molar-refractivity contribution in [2.45, 2.75) is 5.92 Å². The minimum Gasteiger partial charge on any atom is -0.493 e. The first-order chi connectivity index (χ1) is 17.4. The van der Waals surface area contributed by atoms with Crippen molar-refractivity contribution < 1.29 is 18.9 Å². The summed E-state index contributed by atoms with van der Waals surface area (Å²) in [6.45, 7) is 0. The molecule has 0 unspecified atom stereocenters. The van der Waals surface area contributed by atoms with E-state index in [1.165, 1.54) is 33.0 Å². The first kappa shape index (κ1) is 24.5. The van der Waals surface area contributed by atoms with Crippen LogP contribution in [0.3, 0.4) is 0 Å². The summed E-state index contributed by atoms with van der Waals surface area (Å²) in [6.07, 6.45) is 1.65.